The second-order valence-electron chi connectivity index (χ2n) is 5.11. The van der Waals surface area contributed by atoms with Crippen molar-refractivity contribution >= 4 is 0 Å². The Kier molecular flexibility index (Phi) is 4.54. The first-order valence-electron chi connectivity index (χ1n) is 7.18. The second kappa shape index (κ2) is 6.17. The number of hydrogen-bond acceptors (Lipinski definition) is 4. The Morgan fingerprint density at radius 3 is 2.55 bits per heavy atom. The van der Waals surface area contributed by atoms with Crippen LogP contribution in [-0.2, 0) is 26.0 Å². The van der Waals surface area contributed by atoms with E-state index in [9.17, 15) is 5.11 Å². The zero-order chi connectivity index (χ0) is 14.7. The number of hydrogen-bond donors (Lipinski definition) is 1. The van der Waals surface area contributed by atoms with E-state index in [1.54, 1.807) is 6.33 Å². The summed E-state index contributed by atoms with van der Waals surface area (Å²) in [6.07, 6.45) is 3.25. The van der Waals surface area contributed by atoms with Crippen LogP contribution in [0.3, 0.4) is 0 Å². The van der Waals surface area contributed by atoms with E-state index in [0.717, 1.165) is 35.6 Å². The summed E-state index contributed by atoms with van der Waals surface area (Å²) < 4.78 is 3.86. The zero-order valence-electron chi connectivity index (χ0n) is 12.7. The third kappa shape index (κ3) is 2.60. The summed E-state index contributed by atoms with van der Waals surface area (Å²) in [5, 5.41) is 18.4. The van der Waals surface area contributed by atoms with Crippen molar-refractivity contribution in [3.8, 4) is 0 Å². The lowest BCUT2D eigenvalue weighted by atomic mass is 10.1. The molecule has 0 saturated heterocycles. The molecule has 0 saturated carbocycles. The van der Waals surface area contributed by atoms with Gasteiger partial charge in [-0.15, -0.1) is 0 Å². The predicted molar refractivity (Wildman–Crippen MR) is 76.4 cm³/mol. The normalized spacial score (nSPS) is 11.5. The summed E-state index contributed by atoms with van der Waals surface area (Å²) in [5.41, 5.74) is 3.02. The molecule has 0 aliphatic rings. The van der Waals surface area contributed by atoms with E-state index >= 15 is 0 Å². The number of aryl methyl sites for hydroxylation is 1. The number of aliphatic hydroxyl groups excluding tert-OH is 1. The number of aromatic nitrogens is 5. The van der Waals surface area contributed by atoms with Crippen molar-refractivity contribution in [1.29, 1.82) is 0 Å². The molecule has 0 bridgehead atoms. The molecule has 2 rings (SSSR count). The molecule has 110 valence electrons. The van der Waals surface area contributed by atoms with Gasteiger partial charge < -0.3 is 5.11 Å². The van der Waals surface area contributed by atoms with Gasteiger partial charge >= 0.3 is 0 Å². The third-order valence-corrected chi connectivity index (χ3v) is 3.51. The van der Waals surface area contributed by atoms with Gasteiger partial charge in [0.25, 0.3) is 0 Å². The van der Waals surface area contributed by atoms with Crippen molar-refractivity contribution in [2.24, 2.45) is 0 Å². The largest absolute Gasteiger partial charge is 0.392 e. The molecule has 2 heterocycles. The molecule has 1 N–H and O–H groups in total. The van der Waals surface area contributed by atoms with E-state index in [1.165, 1.54) is 0 Å². The molecule has 2 aromatic rings. The standard InChI is InChI=1S/C14H23N5O/c1-5-12-11(8-20)13(6-2)18(17-12)7-14-15-9-16-19(14)10(3)4/h9-10,20H,5-8H2,1-4H3. The van der Waals surface area contributed by atoms with Crippen LogP contribution in [0.15, 0.2) is 6.33 Å². The minimum absolute atomic E-state index is 0.0449. The summed E-state index contributed by atoms with van der Waals surface area (Å²) in [4.78, 5) is 4.33. The first-order valence-corrected chi connectivity index (χ1v) is 7.18. The lowest BCUT2D eigenvalue weighted by Gasteiger charge is -2.11. The molecule has 0 spiro atoms. The molecule has 6 heteroatoms. The van der Waals surface area contributed by atoms with Crippen LogP contribution < -0.4 is 0 Å². The monoisotopic (exact) mass is 277 g/mol. The van der Waals surface area contributed by atoms with Crippen molar-refractivity contribution in [2.75, 3.05) is 0 Å². The maximum atomic E-state index is 9.56. The lowest BCUT2D eigenvalue weighted by Crippen LogP contribution is -2.14. The van der Waals surface area contributed by atoms with Crippen molar-refractivity contribution in [1.82, 2.24) is 24.5 Å². The molecule has 0 unspecified atom stereocenters. The molecule has 0 fully saturated rings. The van der Waals surface area contributed by atoms with Gasteiger partial charge in [0.1, 0.15) is 18.7 Å². The van der Waals surface area contributed by atoms with Crippen LogP contribution in [0.25, 0.3) is 0 Å². The van der Waals surface area contributed by atoms with Crippen molar-refractivity contribution in [2.45, 2.75) is 59.7 Å². The predicted octanol–water partition coefficient (Wildman–Crippen LogP) is 1.72. The van der Waals surface area contributed by atoms with E-state index in [1.807, 2.05) is 9.36 Å². The fourth-order valence-corrected chi connectivity index (χ4v) is 2.53. The highest BCUT2D eigenvalue weighted by molar-refractivity contribution is 5.26. The van der Waals surface area contributed by atoms with Crippen LogP contribution >= 0.6 is 0 Å². The second-order valence-corrected chi connectivity index (χ2v) is 5.11. The van der Waals surface area contributed by atoms with Crippen molar-refractivity contribution < 1.29 is 5.11 Å². The molecule has 2 aromatic heterocycles. The molecular formula is C14H23N5O. The maximum absolute atomic E-state index is 9.56. The molecule has 0 atom stereocenters. The SMILES string of the molecule is CCc1nn(Cc2ncnn2C(C)C)c(CC)c1CO. The van der Waals surface area contributed by atoms with Crippen LogP contribution in [0.2, 0.25) is 0 Å². The average molecular weight is 277 g/mol. The Morgan fingerprint density at radius 1 is 1.25 bits per heavy atom. The summed E-state index contributed by atoms with van der Waals surface area (Å²) in [5.74, 6) is 0.893. The Bertz CT molecular complexity index is 570. The van der Waals surface area contributed by atoms with E-state index in [2.05, 4.69) is 42.9 Å². The number of aliphatic hydroxyl groups is 1. The Morgan fingerprint density at radius 2 is 2.00 bits per heavy atom. The van der Waals surface area contributed by atoms with Crippen molar-refractivity contribution in [3.05, 3.63) is 29.1 Å². The average Bonchev–Trinajstić information content (AvgIpc) is 3.02. The molecule has 0 aliphatic carbocycles. The molecule has 0 aliphatic heterocycles. The minimum atomic E-state index is 0.0449. The van der Waals surface area contributed by atoms with Crippen LogP contribution in [0, 0.1) is 0 Å². The van der Waals surface area contributed by atoms with Gasteiger partial charge in [-0.25, -0.2) is 9.67 Å². The van der Waals surface area contributed by atoms with Gasteiger partial charge in [0.15, 0.2) is 0 Å². The van der Waals surface area contributed by atoms with E-state index in [4.69, 9.17) is 0 Å². The summed E-state index contributed by atoms with van der Waals surface area (Å²) in [6.45, 7) is 8.94. The van der Waals surface area contributed by atoms with Gasteiger partial charge in [-0.3, -0.25) is 4.68 Å². The van der Waals surface area contributed by atoms with Crippen LogP contribution in [-0.4, -0.2) is 29.7 Å². The molecule has 0 aromatic carbocycles. The number of nitrogens with zero attached hydrogens (tertiary/aromatic N) is 5. The zero-order valence-corrected chi connectivity index (χ0v) is 12.7. The third-order valence-electron chi connectivity index (χ3n) is 3.51. The summed E-state index contributed by atoms with van der Waals surface area (Å²) in [6, 6.07) is 0.274. The maximum Gasteiger partial charge on any atom is 0.148 e. The topological polar surface area (TPSA) is 68.8 Å². The van der Waals surface area contributed by atoms with Gasteiger partial charge in [-0.2, -0.15) is 10.2 Å². The Balaban J connectivity index is 2.38. The quantitative estimate of drug-likeness (QED) is 0.873. The first kappa shape index (κ1) is 14.7. The first-order chi connectivity index (χ1) is 9.62. The Hall–Kier alpha value is -1.69. The summed E-state index contributed by atoms with van der Waals surface area (Å²) >= 11 is 0. The fourth-order valence-electron chi connectivity index (χ4n) is 2.53. The highest BCUT2D eigenvalue weighted by Crippen LogP contribution is 2.18. The van der Waals surface area contributed by atoms with Gasteiger partial charge in [0.2, 0.25) is 0 Å². The van der Waals surface area contributed by atoms with Crippen LogP contribution in [0.1, 0.15) is 56.5 Å². The van der Waals surface area contributed by atoms with Crippen LogP contribution in [0.4, 0.5) is 0 Å². The van der Waals surface area contributed by atoms with Crippen molar-refractivity contribution in [3.63, 3.8) is 0 Å². The van der Waals surface area contributed by atoms with Gasteiger partial charge in [-0.05, 0) is 26.7 Å². The molecule has 0 amide bonds. The van der Waals surface area contributed by atoms with E-state index < -0.39 is 0 Å². The minimum Gasteiger partial charge on any atom is -0.392 e. The summed E-state index contributed by atoms with van der Waals surface area (Å²) in [7, 11) is 0. The highest BCUT2D eigenvalue weighted by Gasteiger charge is 2.17. The fraction of sp³-hybridized carbons (Fsp3) is 0.643. The molecular weight excluding hydrogens is 254 g/mol. The van der Waals surface area contributed by atoms with E-state index in [-0.39, 0.29) is 12.6 Å². The van der Waals surface area contributed by atoms with Gasteiger partial charge in [-0.1, -0.05) is 13.8 Å². The highest BCUT2D eigenvalue weighted by atomic mass is 16.3. The van der Waals surface area contributed by atoms with Crippen LogP contribution in [0.5, 0.6) is 0 Å². The molecule has 20 heavy (non-hydrogen) atoms. The molecule has 0 radical (unpaired) electrons. The smallest absolute Gasteiger partial charge is 0.148 e. The van der Waals surface area contributed by atoms with E-state index in [0.29, 0.717) is 6.54 Å². The number of rotatable bonds is 6. The lowest BCUT2D eigenvalue weighted by molar-refractivity contribution is 0.279. The van der Waals surface area contributed by atoms with Gasteiger partial charge in [0, 0.05) is 17.3 Å². The Labute approximate surface area is 119 Å². The van der Waals surface area contributed by atoms with Gasteiger partial charge in [0.05, 0.1) is 12.3 Å². The molecule has 6 nitrogen and oxygen atoms in total.